The maximum atomic E-state index is 13.0. The average Bonchev–Trinajstić information content (AvgIpc) is 2.64. The predicted octanol–water partition coefficient (Wildman–Crippen LogP) is 3.40. The molecule has 1 heterocycles. The summed E-state index contributed by atoms with van der Waals surface area (Å²) in [6, 6.07) is 11.4. The van der Waals surface area contributed by atoms with Crippen molar-refractivity contribution in [2.24, 2.45) is 0 Å². The number of nitrogens with one attached hydrogen (secondary N) is 1. The maximum absolute atomic E-state index is 13.0. The van der Waals surface area contributed by atoms with Crippen molar-refractivity contribution in [3.63, 3.8) is 0 Å². The van der Waals surface area contributed by atoms with Gasteiger partial charge in [0.15, 0.2) is 11.7 Å². The van der Waals surface area contributed by atoms with E-state index >= 15 is 0 Å². The first-order valence-electron chi connectivity index (χ1n) is 8.07. The van der Waals surface area contributed by atoms with Gasteiger partial charge in [-0.2, -0.15) is 0 Å². The van der Waals surface area contributed by atoms with E-state index in [0.717, 1.165) is 4.47 Å². The van der Waals surface area contributed by atoms with E-state index in [4.69, 9.17) is 33.7 Å². The molecule has 2 aromatic carbocycles. The van der Waals surface area contributed by atoms with Gasteiger partial charge in [-0.25, -0.2) is 4.79 Å². The first kappa shape index (κ1) is 21.0. The SMILES string of the molecule is O=C(O)COc1ccc(/C=C2/C(=O)NC(=S)N(c3cccc(Br)c3)C2=O)cc1Cl. The summed E-state index contributed by atoms with van der Waals surface area (Å²) in [5.74, 6) is -2.18. The molecule has 10 heteroatoms. The van der Waals surface area contributed by atoms with Crippen LogP contribution in [-0.4, -0.2) is 34.6 Å². The Morgan fingerprint density at radius 3 is 2.69 bits per heavy atom. The fraction of sp³-hybridized carbons (Fsp3) is 0.0526. The van der Waals surface area contributed by atoms with Gasteiger partial charge < -0.3 is 9.84 Å². The Kier molecular flexibility index (Phi) is 6.31. The smallest absolute Gasteiger partial charge is 0.341 e. The van der Waals surface area contributed by atoms with Crippen molar-refractivity contribution in [2.75, 3.05) is 11.5 Å². The number of amides is 2. The van der Waals surface area contributed by atoms with Crippen LogP contribution >= 0.6 is 39.7 Å². The number of halogens is 2. The summed E-state index contributed by atoms with van der Waals surface area (Å²) in [6.45, 7) is -0.542. The number of carbonyl (C=O) groups is 3. The zero-order valence-corrected chi connectivity index (χ0v) is 17.7. The van der Waals surface area contributed by atoms with Crippen molar-refractivity contribution in [3.05, 3.63) is 63.1 Å². The molecule has 0 aromatic heterocycles. The third-order valence-corrected chi connectivity index (χ3v) is 4.86. The quantitative estimate of drug-likeness (QED) is 0.375. The molecular weight excluding hydrogens is 484 g/mol. The fourth-order valence-electron chi connectivity index (χ4n) is 2.54. The van der Waals surface area contributed by atoms with Gasteiger partial charge in [-0.1, -0.05) is 39.7 Å². The molecule has 0 saturated carbocycles. The van der Waals surface area contributed by atoms with E-state index in [9.17, 15) is 14.4 Å². The van der Waals surface area contributed by atoms with E-state index in [2.05, 4.69) is 21.2 Å². The van der Waals surface area contributed by atoms with Crippen molar-refractivity contribution in [1.82, 2.24) is 5.32 Å². The maximum Gasteiger partial charge on any atom is 0.341 e. The Balaban J connectivity index is 1.92. The molecule has 1 aliphatic rings. The molecule has 2 amide bonds. The van der Waals surface area contributed by atoms with Crippen molar-refractivity contribution in [2.45, 2.75) is 0 Å². The Labute approximate surface area is 184 Å². The Bertz CT molecular complexity index is 1070. The number of hydrogen-bond donors (Lipinski definition) is 2. The molecule has 29 heavy (non-hydrogen) atoms. The normalized spacial score (nSPS) is 15.4. The average molecular weight is 496 g/mol. The van der Waals surface area contributed by atoms with E-state index in [1.54, 1.807) is 30.3 Å². The van der Waals surface area contributed by atoms with Crippen LogP contribution in [0.5, 0.6) is 5.75 Å². The molecule has 0 radical (unpaired) electrons. The fourth-order valence-corrected chi connectivity index (χ4v) is 3.45. The number of carboxylic acid groups (broad SMARTS) is 1. The van der Waals surface area contributed by atoms with Crippen LogP contribution in [-0.2, 0) is 14.4 Å². The highest BCUT2D eigenvalue weighted by molar-refractivity contribution is 9.10. The number of rotatable bonds is 5. The van der Waals surface area contributed by atoms with E-state index < -0.39 is 24.4 Å². The van der Waals surface area contributed by atoms with Crippen LogP contribution in [0, 0.1) is 0 Å². The van der Waals surface area contributed by atoms with Gasteiger partial charge in [0, 0.05) is 4.47 Å². The zero-order chi connectivity index (χ0) is 21.1. The van der Waals surface area contributed by atoms with Gasteiger partial charge in [0.1, 0.15) is 11.3 Å². The van der Waals surface area contributed by atoms with E-state index in [1.165, 1.54) is 23.1 Å². The van der Waals surface area contributed by atoms with Crippen LogP contribution < -0.4 is 15.0 Å². The molecule has 0 unspecified atom stereocenters. The number of benzene rings is 2. The largest absolute Gasteiger partial charge is 0.480 e. The molecule has 0 bridgehead atoms. The second-order valence-electron chi connectivity index (χ2n) is 5.81. The minimum atomic E-state index is -1.14. The van der Waals surface area contributed by atoms with Gasteiger partial charge in [0.05, 0.1) is 10.7 Å². The summed E-state index contributed by atoms with van der Waals surface area (Å²) in [6.07, 6.45) is 1.37. The molecule has 3 rings (SSSR count). The molecule has 1 saturated heterocycles. The van der Waals surface area contributed by atoms with Crippen molar-refractivity contribution in [3.8, 4) is 5.75 Å². The lowest BCUT2D eigenvalue weighted by Crippen LogP contribution is -2.54. The van der Waals surface area contributed by atoms with Crippen LogP contribution in [0.15, 0.2) is 52.5 Å². The number of aliphatic carboxylic acids is 1. The lowest BCUT2D eigenvalue weighted by atomic mass is 10.1. The molecule has 0 spiro atoms. The van der Waals surface area contributed by atoms with Gasteiger partial charge in [-0.3, -0.25) is 19.8 Å². The summed E-state index contributed by atoms with van der Waals surface area (Å²) < 4.78 is 5.80. The summed E-state index contributed by atoms with van der Waals surface area (Å²) in [7, 11) is 0. The number of carbonyl (C=O) groups excluding carboxylic acids is 2. The third kappa shape index (κ3) is 4.81. The first-order valence-corrected chi connectivity index (χ1v) is 9.65. The minimum absolute atomic E-state index is 0.0225. The number of carboxylic acids is 1. The van der Waals surface area contributed by atoms with Crippen molar-refractivity contribution < 1.29 is 24.2 Å². The first-order chi connectivity index (χ1) is 13.8. The minimum Gasteiger partial charge on any atom is -0.480 e. The second kappa shape index (κ2) is 8.73. The molecule has 0 atom stereocenters. The van der Waals surface area contributed by atoms with Crippen LogP contribution in [0.3, 0.4) is 0 Å². The zero-order valence-electron chi connectivity index (χ0n) is 14.5. The molecule has 1 aliphatic heterocycles. The van der Waals surface area contributed by atoms with Gasteiger partial charge >= 0.3 is 5.97 Å². The van der Waals surface area contributed by atoms with E-state index in [-0.39, 0.29) is 21.5 Å². The van der Waals surface area contributed by atoms with Gasteiger partial charge in [-0.15, -0.1) is 0 Å². The van der Waals surface area contributed by atoms with Crippen molar-refractivity contribution in [1.29, 1.82) is 0 Å². The molecule has 7 nitrogen and oxygen atoms in total. The van der Waals surface area contributed by atoms with Gasteiger partial charge in [0.25, 0.3) is 11.8 Å². The Hall–Kier alpha value is -2.75. The Morgan fingerprint density at radius 1 is 1.28 bits per heavy atom. The van der Waals surface area contributed by atoms with Gasteiger partial charge in [0.2, 0.25) is 0 Å². The standard InChI is InChI=1S/C19H12BrClN2O5S/c20-11-2-1-3-12(8-11)23-18(27)13(17(26)22-19(23)29)6-10-4-5-15(14(21)7-10)28-9-16(24)25/h1-8H,9H2,(H,24,25)(H,22,26,29)/b13-6-. The topological polar surface area (TPSA) is 95.9 Å². The molecule has 2 aromatic rings. The monoisotopic (exact) mass is 494 g/mol. The van der Waals surface area contributed by atoms with Crippen molar-refractivity contribution >= 4 is 74.4 Å². The lowest BCUT2D eigenvalue weighted by Gasteiger charge is -2.29. The number of anilines is 1. The van der Waals surface area contributed by atoms with Gasteiger partial charge in [-0.05, 0) is 54.2 Å². The molecule has 148 valence electrons. The number of ether oxygens (including phenoxy) is 1. The summed E-state index contributed by atoms with van der Waals surface area (Å²) in [5, 5.41) is 11.3. The summed E-state index contributed by atoms with van der Waals surface area (Å²) in [5.41, 5.74) is 0.822. The highest BCUT2D eigenvalue weighted by Crippen LogP contribution is 2.28. The van der Waals surface area contributed by atoms with Crippen LogP contribution in [0.4, 0.5) is 5.69 Å². The molecular formula is C19H12BrClN2O5S. The predicted molar refractivity (Wildman–Crippen MR) is 115 cm³/mol. The second-order valence-corrected chi connectivity index (χ2v) is 7.52. The lowest BCUT2D eigenvalue weighted by molar-refractivity contribution is -0.139. The van der Waals surface area contributed by atoms with E-state index in [0.29, 0.717) is 11.3 Å². The summed E-state index contributed by atoms with van der Waals surface area (Å²) >= 11 is 14.6. The van der Waals surface area contributed by atoms with Crippen LogP contribution in [0.25, 0.3) is 6.08 Å². The highest BCUT2D eigenvalue weighted by Gasteiger charge is 2.34. The number of hydrogen-bond acceptors (Lipinski definition) is 5. The molecule has 2 N–H and O–H groups in total. The third-order valence-electron chi connectivity index (χ3n) is 3.79. The Morgan fingerprint density at radius 2 is 2.03 bits per heavy atom. The summed E-state index contributed by atoms with van der Waals surface area (Å²) in [4.78, 5) is 37.1. The molecule has 0 aliphatic carbocycles. The number of thiocarbonyl (C=S) groups is 1. The highest BCUT2D eigenvalue weighted by atomic mass is 79.9. The van der Waals surface area contributed by atoms with Crippen LogP contribution in [0.1, 0.15) is 5.56 Å². The number of nitrogens with zero attached hydrogens (tertiary/aromatic N) is 1. The van der Waals surface area contributed by atoms with E-state index in [1.807, 2.05) is 0 Å². The van der Waals surface area contributed by atoms with Crippen LogP contribution in [0.2, 0.25) is 5.02 Å². The molecule has 1 fully saturated rings.